The molecule has 0 bridgehead atoms. The maximum atomic E-state index is 8.78. The summed E-state index contributed by atoms with van der Waals surface area (Å²) in [5.74, 6) is 2.68. The van der Waals surface area contributed by atoms with Crippen LogP contribution in [0.25, 0.3) is 0 Å². The van der Waals surface area contributed by atoms with Gasteiger partial charge in [-0.1, -0.05) is 48.3 Å². The molecule has 6 heteroatoms. The minimum Gasteiger partial charge on any atom is -0.465 e. The molecule has 0 saturated carbocycles. The van der Waals surface area contributed by atoms with E-state index in [4.69, 9.17) is 9.90 Å². The van der Waals surface area contributed by atoms with E-state index in [1.54, 1.807) is 0 Å². The maximum Gasteiger partial charge on any atom is 0.402 e. The molecule has 0 aromatic carbocycles. The molecule has 0 aliphatic heterocycles. The smallest absolute Gasteiger partial charge is 0.402 e. The third kappa shape index (κ3) is 40.1. The van der Waals surface area contributed by atoms with Crippen LogP contribution in [-0.2, 0) is 19.5 Å². The van der Waals surface area contributed by atoms with Crippen molar-refractivity contribution in [3.63, 3.8) is 0 Å². The summed E-state index contributed by atoms with van der Waals surface area (Å²) in [5.41, 5.74) is 4.03. The van der Waals surface area contributed by atoms with Crippen LogP contribution in [0.3, 0.4) is 0 Å². The van der Waals surface area contributed by atoms with Gasteiger partial charge in [-0.15, -0.1) is 0 Å². The topological polar surface area (TPSA) is 63.3 Å². The van der Waals surface area contributed by atoms with Crippen molar-refractivity contribution in [2.45, 2.75) is 39.5 Å². The van der Waals surface area contributed by atoms with Gasteiger partial charge in [0.05, 0.1) is 0 Å². The molecule has 0 saturated heterocycles. The van der Waals surface area contributed by atoms with Crippen LogP contribution in [0, 0.1) is 0 Å². The van der Waals surface area contributed by atoms with E-state index in [0.717, 1.165) is 0 Å². The molecule has 0 aromatic heterocycles. The van der Waals surface area contributed by atoms with Gasteiger partial charge in [0, 0.05) is 31.0 Å². The van der Waals surface area contributed by atoms with E-state index < -0.39 is 6.09 Å². The Kier molecular flexibility index (Phi) is 28.0. The number of nitrogens with two attached hydrogens (primary N) is 1. The Hall–Kier alpha value is 0.593. The molecule has 0 fully saturated rings. The fourth-order valence-corrected chi connectivity index (χ4v) is 2.99. The monoisotopic (exact) mass is 303 g/mol. The summed E-state index contributed by atoms with van der Waals surface area (Å²) in [5, 5.41) is 7.19. The molecule has 0 aliphatic rings. The van der Waals surface area contributed by atoms with Gasteiger partial charge in [0.25, 0.3) is 0 Å². The van der Waals surface area contributed by atoms with Gasteiger partial charge in [-0.2, -0.15) is 0 Å². The first-order valence-corrected chi connectivity index (χ1v) is 7.36. The third-order valence-corrected chi connectivity index (χ3v) is 3.82. The first kappa shape index (κ1) is 20.9. The maximum absolute atomic E-state index is 8.78. The minimum absolute atomic E-state index is 0. The first-order chi connectivity index (χ1) is 6.65. The summed E-state index contributed by atoms with van der Waals surface area (Å²) in [6, 6.07) is 0. The van der Waals surface area contributed by atoms with Crippen molar-refractivity contribution in [2.75, 3.05) is 11.5 Å². The predicted molar refractivity (Wildman–Crippen MR) is 66.9 cm³/mol. The van der Waals surface area contributed by atoms with Crippen molar-refractivity contribution in [2.24, 2.45) is 5.73 Å². The summed E-state index contributed by atoms with van der Waals surface area (Å²) in [6.07, 6.45) is 4.09. The van der Waals surface area contributed by atoms with E-state index in [9.17, 15) is 0 Å². The molecule has 0 aliphatic carbocycles. The Bertz CT molecular complexity index is 117. The van der Waals surface area contributed by atoms with Gasteiger partial charge in [0.2, 0.25) is 0 Å². The second-order valence-corrected chi connectivity index (χ2v) is 5.39. The van der Waals surface area contributed by atoms with Gasteiger partial charge in [-0.3, -0.25) is 0 Å². The summed E-state index contributed by atoms with van der Waals surface area (Å²) in [7, 11) is 4.07. The molecular weight excluding hydrogens is 284 g/mol. The van der Waals surface area contributed by atoms with Gasteiger partial charge in [-0.05, 0) is 12.8 Å². The van der Waals surface area contributed by atoms with Gasteiger partial charge >= 0.3 is 6.09 Å². The summed E-state index contributed by atoms with van der Waals surface area (Å²) >= 11 is 0. The van der Waals surface area contributed by atoms with Crippen molar-refractivity contribution < 1.29 is 29.4 Å². The molecule has 3 nitrogen and oxygen atoms in total. The molecule has 0 spiro atoms. The number of primary amides is 1. The van der Waals surface area contributed by atoms with Crippen molar-refractivity contribution in [1.82, 2.24) is 0 Å². The largest absolute Gasteiger partial charge is 0.465 e. The number of unbranched alkanes of at least 4 members (excludes halogenated alkanes) is 2. The molecule has 0 radical (unpaired) electrons. The molecule has 15 heavy (non-hydrogen) atoms. The van der Waals surface area contributed by atoms with Crippen LogP contribution in [0.1, 0.15) is 39.5 Å². The zero-order valence-electron chi connectivity index (χ0n) is 9.70. The van der Waals surface area contributed by atoms with Crippen molar-refractivity contribution in [3.8, 4) is 0 Å². The first-order valence-electron chi connectivity index (χ1n) is 4.87. The van der Waals surface area contributed by atoms with Crippen LogP contribution >= 0.6 is 21.6 Å². The Balaban J connectivity index is -0.000000249. The summed E-state index contributed by atoms with van der Waals surface area (Å²) < 4.78 is 0. The molecule has 0 rings (SSSR count). The predicted octanol–water partition coefficient (Wildman–Crippen LogP) is 3.59. The van der Waals surface area contributed by atoms with E-state index in [-0.39, 0.29) is 19.5 Å². The number of hydrogen-bond acceptors (Lipinski definition) is 3. The second-order valence-electron chi connectivity index (χ2n) is 2.69. The van der Waals surface area contributed by atoms with E-state index >= 15 is 0 Å². The average Bonchev–Trinajstić information content (AvgIpc) is 2.10. The molecule has 3 N–H and O–H groups in total. The summed E-state index contributed by atoms with van der Waals surface area (Å²) in [6.45, 7) is 4.49. The second kappa shape index (κ2) is 20.1. The fourth-order valence-electron chi connectivity index (χ4n) is 0.524. The normalized spacial score (nSPS) is 8.40. The number of rotatable bonds is 7. The van der Waals surface area contributed by atoms with Crippen LogP contribution in [0.4, 0.5) is 4.79 Å². The van der Waals surface area contributed by atoms with Crippen molar-refractivity contribution >= 4 is 27.7 Å². The molecular formula is C9H21NO2S2Zn. The number of amides is 1. The van der Waals surface area contributed by atoms with Crippen molar-refractivity contribution in [1.29, 1.82) is 0 Å². The Morgan fingerprint density at radius 3 is 1.60 bits per heavy atom. The van der Waals surface area contributed by atoms with Crippen LogP contribution in [0.2, 0.25) is 0 Å². The Morgan fingerprint density at radius 1 is 1.13 bits per heavy atom. The number of carbonyl (C=O) groups is 1. The zero-order valence-corrected chi connectivity index (χ0v) is 14.3. The molecule has 1 amide bonds. The fraction of sp³-hybridized carbons (Fsp3) is 0.889. The van der Waals surface area contributed by atoms with E-state index in [0.29, 0.717) is 0 Å². The van der Waals surface area contributed by atoms with Gasteiger partial charge < -0.3 is 10.8 Å². The molecule has 0 unspecified atom stereocenters. The number of hydrogen-bond donors (Lipinski definition) is 2. The molecule has 0 atom stereocenters. The summed E-state index contributed by atoms with van der Waals surface area (Å²) in [4.78, 5) is 8.78. The molecule has 88 valence electrons. The Morgan fingerprint density at radius 2 is 1.40 bits per heavy atom. The molecule has 0 aromatic rings. The standard InChI is InChI=1S/C8H18S2.CH3NO2.Zn/c1-3-5-7-9-10-8-6-4-2;2-1(3)4;/h3-8H2,1-2H3;2H2,(H,3,4);. The zero-order chi connectivity index (χ0) is 11.2. The van der Waals surface area contributed by atoms with Crippen LogP contribution in [-0.4, -0.2) is 22.7 Å². The van der Waals surface area contributed by atoms with Gasteiger partial charge in [0.1, 0.15) is 0 Å². The SMILES string of the molecule is CCCCSSCCCC.NC(=O)O.[Zn]. The van der Waals surface area contributed by atoms with E-state index in [1.807, 2.05) is 21.6 Å². The Labute approximate surface area is 113 Å². The minimum atomic E-state index is -1.33. The van der Waals surface area contributed by atoms with Crippen LogP contribution < -0.4 is 5.73 Å². The van der Waals surface area contributed by atoms with Crippen molar-refractivity contribution in [3.05, 3.63) is 0 Å². The number of carboxylic acid groups (broad SMARTS) is 1. The van der Waals surface area contributed by atoms with Crippen LogP contribution in [0.15, 0.2) is 0 Å². The van der Waals surface area contributed by atoms with Crippen LogP contribution in [0.5, 0.6) is 0 Å². The van der Waals surface area contributed by atoms with Gasteiger partial charge in [-0.25, -0.2) is 4.79 Å². The quantitative estimate of drug-likeness (QED) is 0.428. The molecule has 0 heterocycles. The van der Waals surface area contributed by atoms with E-state index in [2.05, 4.69) is 19.6 Å². The average molecular weight is 305 g/mol. The van der Waals surface area contributed by atoms with Gasteiger partial charge in [0.15, 0.2) is 0 Å². The van der Waals surface area contributed by atoms with E-state index in [1.165, 1.54) is 37.2 Å². The third-order valence-electron chi connectivity index (χ3n) is 1.25.